The summed E-state index contributed by atoms with van der Waals surface area (Å²) < 4.78 is 5.76. The molecule has 0 amide bonds. The van der Waals surface area contributed by atoms with Crippen LogP contribution in [0.15, 0.2) is 30.5 Å². The van der Waals surface area contributed by atoms with Gasteiger partial charge in [0.15, 0.2) is 5.65 Å². The molecule has 2 fully saturated rings. The topological polar surface area (TPSA) is 72.6 Å². The van der Waals surface area contributed by atoms with E-state index in [1.54, 1.807) is 6.20 Å². The molecule has 2 aliphatic rings. The zero-order valence-corrected chi connectivity index (χ0v) is 24.7. The van der Waals surface area contributed by atoms with Crippen LogP contribution < -0.4 is 10.2 Å². The molecule has 1 aromatic carbocycles. The molecular weight excluding hydrogens is 510 g/mol. The lowest BCUT2D eigenvalue weighted by Crippen LogP contribution is -2.42. The van der Waals surface area contributed by atoms with Crippen LogP contribution in [0.3, 0.4) is 0 Å². The van der Waals surface area contributed by atoms with E-state index < -0.39 is 0 Å². The van der Waals surface area contributed by atoms with Crippen LogP contribution in [-0.2, 0) is 4.74 Å². The van der Waals surface area contributed by atoms with Gasteiger partial charge in [0.1, 0.15) is 11.3 Å². The van der Waals surface area contributed by atoms with Gasteiger partial charge in [0.25, 0.3) is 0 Å². The maximum Gasteiger partial charge on any atom is 0.159 e. The molecule has 0 radical (unpaired) electrons. The number of ether oxygens (including phenoxy) is 1. The average molecular weight is 554 g/mol. The summed E-state index contributed by atoms with van der Waals surface area (Å²) in [5.74, 6) is 0.816. The first-order valence-corrected chi connectivity index (χ1v) is 15.0. The first kappa shape index (κ1) is 28.1. The van der Waals surface area contributed by atoms with Crippen LogP contribution >= 0.6 is 11.6 Å². The molecule has 0 aliphatic carbocycles. The quantitative estimate of drug-likeness (QED) is 0.362. The minimum atomic E-state index is 0.294. The van der Waals surface area contributed by atoms with E-state index in [1.807, 2.05) is 0 Å². The van der Waals surface area contributed by atoms with Gasteiger partial charge in [0.05, 0.1) is 29.6 Å². The summed E-state index contributed by atoms with van der Waals surface area (Å²) in [5.41, 5.74) is 4.76. The molecule has 0 bridgehead atoms. The van der Waals surface area contributed by atoms with E-state index in [9.17, 15) is 0 Å². The molecule has 2 N–H and O–H groups in total. The summed E-state index contributed by atoms with van der Waals surface area (Å²) in [6, 6.07) is 9.70. The first-order chi connectivity index (χ1) is 18.9. The Hall–Kier alpha value is -2.39. The van der Waals surface area contributed by atoms with Gasteiger partial charge in [-0.1, -0.05) is 11.6 Å². The predicted octanol–water partition coefficient (Wildman–Crippen LogP) is 5.50. The third-order valence-electron chi connectivity index (χ3n) is 8.03. The van der Waals surface area contributed by atoms with Crippen LogP contribution in [0.4, 0.5) is 11.4 Å². The number of rotatable bonds is 9. The number of piperidine rings is 1. The number of pyridine rings is 1. The molecule has 212 valence electrons. The third-order valence-corrected chi connectivity index (χ3v) is 8.32. The molecule has 0 unspecified atom stereocenters. The van der Waals surface area contributed by atoms with Crippen LogP contribution in [0.1, 0.15) is 47.0 Å². The Kier molecular flexibility index (Phi) is 9.28. The second-order valence-corrected chi connectivity index (χ2v) is 11.9. The van der Waals surface area contributed by atoms with Crippen molar-refractivity contribution in [3.63, 3.8) is 0 Å². The monoisotopic (exact) mass is 553 g/mol. The van der Waals surface area contributed by atoms with Gasteiger partial charge in [-0.3, -0.25) is 4.90 Å². The van der Waals surface area contributed by atoms with Crippen molar-refractivity contribution in [3.8, 4) is 11.4 Å². The summed E-state index contributed by atoms with van der Waals surface area (Å²) in [6.07, 6.45) is 5.36. The Morgan fingerprint density at radius 3 is 2.51 bits per heavy atom. The van der Waals surface area contributed by atoms with Crippen LogP contribution in [0.5, 0.6) is 0 Å². The summed E-state index contributed by atoms with van der Waals surface area (Å²) in [7, 11) is 0. The zero-order chi connectivity index (χ0) is 27.4. The predicted molar refractivity (Wildman–Crippen MR) is 162 cm³/mol. The highest BCUT2D eigenvalue weighted by Crippen LogP contribution is 2.32. The molecule has 0 saturated carbocycles. The average Bonchev–Trinajstić information content (AvgIpc) is 3.23. The lowest BCUT2D eigenvalue weighted by molar-refractivity contribution is 0.0604. The first-order valence-electron chi connectivity index (χ1n) is 14.6. The van der Waals surface area contributed by atoms with E-state index in [0.29, 0.717) is 23.2 Å². The fourth-order valence-corrected chi connectivity index (χ4v) is 5.86. The number of halogens is 1. The number of aromatic nitrogens is 3. The molecule has 2 saturated heterocycles. The van der Waals surface area contributed by atoms with E-state index in [0.717, 1.165) is 99.9 Å². The molecule has 4 heterocycles. The van der Waals surface area contributed by atoms with Crippen LogP contribution in [0.25, 0.3) is 22.6 Å². The number of imidazole rings is 1. The number of hydrogen-bond acceptors (Lipinski definition) is 7. The number of anilines is 2. The highest BCUT2D eigenvalue weighted by atomic mass is 35.5. The molecule has 2 aliphatic heterocycles. The van der Waals surface area contributed by atoms with Crippen molar-refractivity contribution < 1.29 is 4.74 Å². The van der Waals surface area contributed by atoms with Crippen molar-refractivity contribution >= 4 is 34.1 Å². The molecule has 2 aromatic heterocycles. The van der Waals surface area contributed by atoms with Crippen LogP contribution in [0, 0.1) is 0 Å². The van der Waals surface area contributed by atoms with Crippen LogP contribution in [-0.4, -0.2) is 95.4 Å². The molecule has 5 rings (SSSR count). The lowest BCUT2D eigenvalue weighted by atomic mass is 10.0. The fourth-order valence-electron chi connectivity index (χ4n) is 5.67. The Balaban J connectivity index is 1.24. The molecule has 0 spiro atoms. The summed E-state index contributed by atoms with van der Waals surface area (Å²) in [4.78, 5) is 20.4. The fraction of sp³-hybridized carbons (Fsp3) is 0.600. The Morgan fingerprint density at radius 2 is 1.79 bits per heavy atom. The molecule has 39 heavy (non-hydrogen) atoms. The molecular formula is C30H44ClN7O. The van der Waals surface area contributed by atoms with Gasteiger partial charge < -0.3 is 24.8 Å². The van der Waals surface area contributed by atoms with Gasteiger partial charge in [-0.15, -0.1) is 0 Å². The molecule has 8 nitrogen and oxygen atoms in total. The number of hydrogen-bond donors (Lipinski definition) is 2. The minimum Gasteiger partial charge on any atom is -0.379 e. The van der Waals surface area contributed by atoms with E-state index in [-0.39, 0.29) is 0 Å². The number of fused-ring (bicyclic) bond motifs is 1. The Morgan fingerprint density at radius 1 is 1.03 bits per heavy atom. The second-order valence-electron chi connectivity index (χ2n) is 11.5. The SMILES string of the molecule is CC(C)OCCN1CCCN(c2ccc(-c3nc4c(NC5CCN(C(C)C)CC5)c(Cl)cnc4[nH]3)cc2)CC1. The standard InChI is InChI=1S/C30H44ClN7O/c1-21(2)37-14-10-24(11-15-37)33-27-26(31)20-32-30-28(27)34-29(35-30)23-6-8-25(9-7-23)38-13-5-12-36(16-17-38)18-19-39-22(3)4/h6-9,20-22,24H,5,10-19H2,1-4H3,(H2,32,33,34,35). The van der Waals surface area contributed by atoms with Crippen LogP contribution in [0.2, 0.25) is 5.02 Å². The van der Waals surface area contributed by atoms with Crippen molar-refractivity contribution in [2.45, 2.75) is 65.1 Å². The van der Waals surface area contributed by atoms with E-state index in [2.05, 4.69) is 81.9 Å². The lowest BCUT2D eigenvalue weighted by Gasteiger charge is -2.35. The third kappa shape index (κ3) is 7.04. The summed E-state index contributed by atoms with van der Waals surface area (Å²) in [5, 5.41) is 4.32. The van der Waals surface area contributed by atoms with Crippen molar-refractivity contribution in [2.75, 3.05) is 62.6 Å². The van der Waals surface area contributed by atoms with Gasteiger partial charge in [0.2, 0.25) is 0 Å². The van der Waals surface area contributed by atoms with Gasteiger partial charge in [0, 0.05) is 62.6 Å². The highest BCUT2D eigenvalue weighted by molar-refractivity contribution is 6.34. The summed E-state index contributed by atoms with van der Waals surface area (Å²) >= 11 is 6.62. The largest absolute Gasteiger partial charge is 0.379 e. The second kappa shape index (κ2) is 12.9. The smallest absolute Gasteiger partial charge is 0.159 e. The number of benzene rings is 1. The maximum absolute atomic E-state index is 6.62. The van der Waals surface area contributed by atoms with Crippen molar-refractivity contribution in [3.05, 3.63) is 35.5 Å². The minimum absolute atomic E-state index is 0.294. The maximum atomic E-state index is 6.62. The zero-order valence-electron chi connectivity index (χ0n) is 23.9. The normalized spacial score (nSPS) is 18.4. The van der Waals surface area contributed by atoms with Gasteiger partial charge >= 0.3 is 0 Å². The van der Waals surface area contributed by atoms with Crippen molar-refractivity contribution in [1.29, 1.82) is 0 Å². The highest BCUT2D eigenvalue weighted by Gasteiger charge is 2.23. The number of nitrogens with one attached hydrogen (secondary N) is 2. The molecule has 0 atom stereocenters. The molecule has 9 heteroatoms. The Labute approximate surface area is 238 Å². The van der Waals surface area contributed by atoms with Gasteiger partial charge in [-0.05, 0) is 77.8 Å². The van der Waals surface area contributed by atoms with E-state index in [4.69, 9.17) is 21.3 Å². The van der Waals surface area contributed by atoms with Gasteiger partial charge in [-0.2, -0.15) is 0 Å². The Bertz CT molecular complexity index is 1200. The van der Waals surface area contributed by atoms with Crippen molar-refractivity contribution in [1.82, 2.24) is 24.8 Å². The van der Waals surface area contributed by atoms with Gasteiger partial charge in [-0.25, -0.2) is 9.97 Å². The van der Waals surface area contributed by atoms with E-state index in [1.165, 1.54) is 5.69 Å². The molecule has 3 aromatic rings. The number of H-pyrrole nitrogens is 1. The number of likely N-dealkylation sites (tertiary alicyclic amines) is 1. The summed E-state index contributed by atoms with van der Waals surface area (Å²) in [6.45, 7) is 17.0. The number of aromatic amines is 1. The number of nitrogens with zero attached hydrogens (tertiary/aromatic N) is 5. The van der Waals surface area contributed by atoms with Crippen molar-refractivity contribution in [2.24, 2.45) is 0 Å². The van der Waals surface area contributed by atoms with E-state index >= 15 is 0 Å².